The van der Waals surface area contributed by atoms with E-state index in [2.05, 4.69) is 58.0 Å². The zero-order valence-electron chi connectivity index (χ0n) is 30.9. The largest absolute Gasteiger partial charge is 0.392 e. The van der Waals surface area contributed by atoms with Crippen LogP contribution in [-0.4, -0.2) is 28.0 Å². The number of aliphatic hydroxyl groups is 1. The molecule has 1 saturated heterocycles. The number of carbonyl (C=O) groups excluding carboxylic acids is 1. The smallest absolute Gasteiger partial charge is 0.221 e. The Hall–Kier alpha value is -2.92. The van der Waals surface area contributed by atoms with E-state index in [1.54, 1.807) is 0 Å². The predicted molar refractivity (Wildman–Crippen MR) is 195 cm³/mol. The molecular weight excluding hydrogens is 559 g/mol. The van der Waals surface area contributed by atoms with Crippen LogP contribution in [0.1, 0.15) is 144 Å². The molecule has 0 bridgehead atoms. The lowest BCUT2D eigenvalue weighted by Crippen LogP contribution is -2.34. The first kappa shape index (κ1) is 40.1. The van der Waals surface area contributed by atoms with Crippen LogP contribution in [0.4, 0.5) is 10.1 Å². The number of rotatable bonds is 12. The first-order valence-corrected chi connectivity index (χ1v) is 17.0. The molecule has 1 aromatic rings. The minimum atomic E-state index is -0.532. The number of likely N-dealkylation sites (tertiary alicyclic amines) is 1. The SMILES string of the molecule is C=C(/C(C(C)=C(C)C)=C(C)\C(C)=C/C)c1c(F)c(NC(C)=O)c(C(=C)N2C(CC)CCC2CC)c(CO)c1CC.CCC(C)C. The number of hydrogen-bond acceptors (Lipinski definition) is 3. The number of nitrogens with zero attached hydrogens (tertiary/aromatic N) is 1. The van der Waals surface area contributed by atoms with Crippen LogP contribution >= 0.6 is 0 Å². The quantitative estimate of drug-likeness (QED) is 0.228. The number of hydrogen-bond donors (Lipinski definition) is 2. The topological polar surface area (TPSA) is 52.6 Å². The van der Waals surface area contributed by atoms with Gasteiger partial charge in [0.15, 0.2) is 5.82 Å². The van der Waals surface area contributed by atoms with Crippen LogP contribution in [0.3, 0.4) is 0 Å². The lowest BCUT2D eigenvalue weighted by atomic mass is 9.81. The fourth-order valence-electron chi connectivity index (χ4n) is 6.17. The Morgan fingerprint density at radius 3 is 1.82 bits per heavy atom. The van der Waals surface area contributed by atoms with Gasteiger partial charge in [-0.1, -0.05) is 78.3 Å². The van der Waals surface area contributed by atoms with Gasteiger partial charge in [-0.05, 0) is 113 Å². The maximum Gasteiger partial charge on any atom is 0.221 e. The summed E-state index contributed by atoms with van der Waals surface area (Å²) in [6, 6.07) is 0.552. The Morgan fingerprint density at radius 1 is 0.956 bits per heavy atom. The van der Waals surface area contributed by atoms with E-state index >= 15 is 4.39 Å². The van der Waals surface area contributed by atoms with Crippen molar-refractivity contribution in [3.05, 3.63) is 75.2 Å². The summed E-state index contributed by atoms with van der Waals surface area (Å²) < 4.78 is 17.0. The van der Waals surface area contributed by atoms with Crippen LogP contribution in [0.15, 0.2) is 47.1 Å². The number of nitrogens with one attached hydrogen (secondary N) is 1. The average Bonchev–Trinajstić information content (AvgIpc) is 3.43. The van der Waals surface area contributed by atoms with E-state index in [9.17, 15) is 9.90 Å². The average molecular weight is 623 g/mol. The molecule has 1 aliphatic rings. The molecule has 2 rings (SSSR count). The number of anilines is 1. The van der Waals surface area contributed by atoms with Crippen molar-refractivity contribution in [3.8, 4) is 0 Å². The summed E-state index contributed by atoms with van der Waals surface area (Å²) >= 11 is 0. The molecule has 0 spiro atoms. The predicted octanol–water partition coefficient (Wildman–Crippen LogP) is 11.2. The van der Waals surface area contributed by atoms with Gasteiger partial charge in [0.1, 0.15) is 0 Å². The van der Waals surface area contributed by atoms with Gasteiger partial charge in [-0.2, -0.15) is 0 Å². The first-order chi connectivity index (χ1) is 21.1. The Kier molecular flexibility index (Phi) is 16.3. The molecule has 0 saturated carbocycles. The van der Waals surface area contributed by atoms with Crippen molar-refractivity contribution in [2.24, 2.45) is 5.92 Å². The Bertz CT molecular complexity index is 1310. The van der Waals surface area contributed by atoms with Crippen LogP contribution in [0.5, 0.6) is 0 Å². The molecule has 1 amide bonds. The lowest BCUT2D eigenvalue weighted by molar-refractivity contribution is -0.114. The molecule has 5 heteroatoms. The summed E-state index contributed by atoms with van der Waals surface area (Å²) in [6.45, 7) is 35.1. The molecule has 1 heterocycles. The molecule has 2 atom stereocenters. The molecule has 1 fully saturated rings. The van der Waals surface area contributed by atoms with Crippen LogP contribution in [-0.2, 0) is 17.8 Å². The highest BCUT2D eigenvalue weighted by Crippen LogP contribution is 2.45. The van der Waals surface area contributed by atoms with E-state index in [1.807, 2.05) is 54.5 Å². The maximum atomic E-state index is 17.0. The number of carbonyl (C=O) groups is 1. The zero-order valence-corrected chi connectivity index (χ0v) is 30.9. The molecule has 2 unspecified atom stereocenters. The Morgan fingerprint density at radius 2 is 1.47 bits per heavy atom. The number of halogens is 1. The van der Waals surface area contributed by atoms with Gasteiger partial charge in [-0.3, -0.25) is 4.79 Å². The van der Waals surface area contributed by atoms with E-state index in [4.69, 9.17) is 0 Å². The van der Waals surface area contributed by atoms with Crippen molar-refractivity contribution in [1.82, 2.24) is 4.90 Å². The number of amides is 1. The van der Waals surface area contributed by atoms with Crippen molar-refractivity contribution >= 4 is 22.9 Å². The van der Waals surface area contributed by atoms with E-state index in [-0.39, 0.29) is 30.3 Å². The monoisotopic (exact) mass is 622 g/mol. The highest BCUT2D eigenvalue weighted by Gasteiger charge is 2.36. The summed E-state index contributed by atoms with van der Waals surface area (Å²) in [5.74, 6) is -0.0268. The third kappa shape index (κ3) is 9.31. The normalized spacial score (nSPS) is 17.1. The van der Waals surface area contributed by atoms with Crippen molar-refractivity contribution in [2.45, 2.75) is 147 Å². The van der Waals surface area contributed by atoms with E-state index in [1.165, 1.54) is 13.3 Å². The van der Waals surface area contributed by atoms with E-state index in [0.717, 1.165) is 59.5 Å². The minimum Gasteiger partial charge on any atom is -0.392 e. The molecule has 0 aromatic heterocycles. The summed E-state index contributed by atoms with van der Waals surface area (Å²) in [5.41, 5.74) is 8.51. The highest BCUT2D eigenvalue weighted by molar-refractivity contribution is 5.97. The van der Waals surface area contributed by atoms with Crippen molar-refractivity contribution < 1.29 is 14.3 Å². The summed E-state index contributed by atoms with van der Waals surface area (Å²) in [7, 11) is 0. The molecule has 1 aliphatic heterocycles. The second kappa shape index (κ2) is 18.3. The standard InChI is InChI=1S/C35H51FN2O2.C5H12/c1-13-21(7)23(9)31(22(8)20(5)6)24(10)32-29(16-4)30(19-39)33(35(34(32)36)37-26(12)40)25(11)38-27(14-2)17-18-28(38)15-3;1-4-5(2)3/h13,27-28,39H,10-11,14-19H2,1-9,12H3,(H,37,40);5H,4H2,1-3H3/b21-13-,31-23-;. The number of benzene rings is 1. The number of aliphatic hydroxyl groups excluding tert-OH is 1. The van der Waals surface area contributed by atoms with Gasteiger partial charge in [0, 0.05) is 35.8 Å². The lowest BCUT2D eigenvalue weighted by Gasteiger charge is -2.36. The Labute approximate surface area is 275 Å². The second-order valence-electron chi connectivity index (χ2n) is 13.0. The molecule has 1 aromatic carbocycles. The van der Waals surface area contributed by atoms with Gasteiger partial charge in [0.2, 0.25) is 5.91 Å². The third-order valence-corrected chi connectivity index (χ3v) is 9.58. The van der Waals surface area contributed by atoms with Gasteiger partial charge in [-0.15, -0.1) is 0 Å². The van der Waals surface area contributed by atoms with Gasteiger partial charge >= 0.3 is 0 Å². The van der Waals surface area contributed by atoms with Crippen molar-refractivity contribution in [2.75, 3.05) is 5.32 Å². The van der Waals surface area contributed by atoms with Gasteiger partial charge in [0.05, 0.1) is 12.3 Å². The molecule has 0 aliphatic carbocycles. The van der Waals surface area contributed by atoms with Gasteiger partial charge < -0.3 is 15.3 Å². The minimum absolute atomic E-state index is 0.0705. The molecular formula is C40H63FN2O2. The summed E-state index contributed by atoms with van der Waals surface area (Å²) in [5, 5.41) is 13.6. The molecule has 252 valence electrons. The maximum absolute atomic E-state index is 17.0. The second-order valence-corrected chi connectivity index (χ2v) is 13.0. The van der Waals surface area contributed by atoms with Gasteiger partial charge in [-0.25, -0.2) is 4.39 Å². The zero-order chi connectivity index (χ0) is 34.8. The van der Waals surface area contributed by atoms with Crippen molar-refractivity contribution in [3.63, 3.8) is 0 Å². The van der Waals surface area contributed by atoms with E-state index in [0.29, 0.717) is 39.9 Å². The fourth-order valence-corrected chi connectivity index (χ4v) is 6.17. The molecule has 4 nitrogen and oxygen atoms in total. The van der Waals surface area contributed by atoms with Crippen LogP contribution < -0.4 is 5.32 Å². The summed E-state index contributed by atoms with van der Waals surface area (Å²) in [4.78, 5) is 14.8. The van der Waals surface area contributed by atoms with Crippen LogP contribution in [0, 0.1) is 11.7 Å². The highest BCUT2D eigenvalue weighted by atomic mass is 19.1. The fraction of sp³-hybridized carbons (Fsp3) is 0.575. The first-order valence-electron chi connectivity index (χ1n) is 17.0. The molecule has 2 N–H and O–H groups in total. The Balaban J connectivity index is 0.00000187. The number of allylic oxidation sites excluding steroid dienone is 7. The molecule has 45 heavy (non-hydrogen) atoms. The van der Waals surface area contributed by atoms with E-state index < -0.39 is 5.82 Å². The van der Waals surface area contributed by atoms with Gasteiger partial charge in [0.25, 0.3) is 0 Å². The summed E-state index contributed by atoms with van der Waals surface area (Å²) in [6.07, 6.45) is 7.79. The van der Waals surface area contributed by atoms with Crippen LogP contribution in [0.25, 0.3) is 11.3 Å². The van der Waals surface area contributed by atoms with Crippen LogP contribution in [0.2, 0.25) is 0 Å². The third-order valence-electron chi connectivity index (χ3n) is 9.58. The van der Waals surface area contributed by atoms with Crippen molar-refractivity contribution in [1.29, 1.82) is 0 Å². The molecule has 0 radical (unpaired) electrons.